The van der Waals surface area contributed by atoms with E-state index in [4.69, 9.17) is 0 Å². The van der Waals surface area contributed by atoms with Crippen molar-refractivity contribution in [2.45, 2.75) is 33.1 Å². The summed E-state index contributed by atoms with van der Waals surface area (Å²) in [6, 6.07) is 3.71. The highest BCUT2D eigenvalue weighted by Crippen LogP contribution is 2.16. The zero-order valence-electron chi connectivity index (χ0n) is 13.8. The molecule has 0 aromatic heterocycles. The Labute approximate surface area is 154 Å². The van der Waals surface area contributed by atoms with Gasteiger partial charge >= 0.3 is 0 Å². The number of hydrogen-bond acceptors (Lipinski definition) is 1. The third kappa shape index (κ3) is 6.24. The smallest absolute Gasteiger partial charge is 0.193 e. The van der Waals surface area contributed by atoms with Gasteiger partial charge in [0.1, 0.15) is 11.6 Å². The van der Waals surface area contributed by atoms with Crippen molar-refractivity contribution in [1.82, 2.24) is 10.2 Å². The maximum Gasteiger partial charge on any atom is 0.193 e. The molecule has 1 aliphatic heterocycles. The van der Waals surface area contributed by atoms with Gasteiger partial charge in [0.05, 0.1) is 0 Å². The minimum Gasteiger partial charge on any atom is -0.357 e. The van der Waals surface area contributed by atoms with Crippen molar-refractivity contribution in [3.63, 3.8) is 0 Å². The molecule has 1 heterocycles. The number of piperidine rings is 1. The van der Waals surface area contributed by atoms with E-state index in [0.717, 1.165) is 37.6 Å². The highest BCUT2D eigenvalue weighted by atomic mass is 127. The minimum atomic E-state index is -0.541. The number of guanidine groups is 1. The van der Waals surface area contributed by atoms with Crippen LogP contribution in [0, 0.1) is 17.6 Å². The molecule has 1 N–H and O–H groups in total. The van der Waals surface area contributed by atoms with Crippen molar-refractivity contribution in [2.75, 3.05) is 26.2 Å². The summed E-state index contributed by atoms with van der Waals surface area (Å²) < 4.78 is 26.5. The van der Waals surface area contributed by atoms with Gasteiger partial charge in [-0.25, -0.2) is 8.78 Å². The van der Waals surface area contributed by atoms with Gasteiger partial charge in [0.25, 0.3) is 0 Å². The van der Waals surface area contributed by atoms with Crippen LogP contribution in [0.3, 0.4) is 0 Å². The molecule has 1 aromatic rings. The van der Waals surface area contributed by atoms with E-state index < -0.39 is 11.6 Å². The van der Waals surface area contributed by atoms with Crippen LogP contribution in [0.25, 0.3) is 0 Å². The monoisotopic (exact) mass is 437 g/mol. The summed E-state index contributed by atoms with van der Waals surface area (Å²) in [5.74, 6) is 0.636. The summed E-state index contributed by atoms with van der Waals surface area (Å²) >= 11 is 0. The van der Waals surface area contributed by atoms with Crippen LogP contribution < -0.4 is 5.32 Å². The number of nitrogens with zero attached hydrogens (tertiary/aromatic N) is 2. The number of halogens is 3. The van der Waals surface area contributed by atoms with Crippen molar-refractivity contribution < 1.29 is 8.78 Å². The van der Waals surface area contributed by atoms with Gasteiger partial charge in [0.2, 0.25) is 0 Å². The average molecular weight is 437 g/mol. The Hall–Kier alpha value is -0.920. The van der Waals surface area contributed by atoms with Crippen LogP contribution in [0.2, 0.25) is 0 Å². The average Bonchev–Trinajstić information content (AvgIpc) is 2.49. The van der Waals surface area contributed by atoms with Crippen molar-refractivity contribution in [3.8, 4) is 0 Å². The topological polar surface area (TPSA) is 27.6 Å². The molecule has 23 heavy (non-hydrogen) atoms. The van der Waals surface area contributed by atoms with Crippen LogP contribution in [0.1, 0.15) is 32.3 Å². The Morgan fingerprint density at radius 1 is 1.30 bits per heavy atom. The van der Waals surface area contributed by atoms with E-state index in [1.54, 1.807) is 0 Å². The van der Waals surface area contributed by atoms with E-state index in [-0.39, 0.29) is 24.0 Å². The van der Waals surface area contributed by atoms with Crippen LogP contribution in [0.4, 0.5) is 8.78 Å². The zero-order valence-corrected chi connectivity index (χ0v) is 16.1. The molecule has 3 nitrogen and oxygen atoms in total. The number of hydrogen-bond donors (Lipinski definition) is 1. The standard InChI is InChI=1S/C17H25F2N3.HI/c1-3-20-17(22-10-7-13(2)8-11-22)21-9-6-14-4-5-15(18)12-16(14)19;/h4-5,12-13H,3,6-11H2,1-2H3,(H,20,21);1H. The summed E-state index contributed by atoms with van der Waals surface area (Å²) in [4.78, 5) is 6.86. The Balaban J connectivity index is 0.00000264. The molecule has 1 fully saturated rings. The first-order valence-corrected chi connectivity index (χ1v) is 8.07. The number of nitrogens with one attached hydrogen (secondary N) is 1. The fourth-order valence-corrected chi connectivity index (χ4v) is 2.65. The lowest BCUT2D eigenvalue weighted by molar-refractivity contribution is 0.273. The first kappa shape index (κ1) is 20.1. The second kappa shape index (κ2) is 10.1. The minimum absolute atomic E-state index is 0. The zero-order chi connectivity index (χ0) is 15.9. The SMILES string of the molecule is CCNC(=NCCc1ccc(F)cc1F)N1CCC(C)CC1.I. The van der Waals surface area contributed by atoms with Crippen LogP contribution in [-0.2, 0) is 6.42 Å². The second-order valence-corrected chi connectivity index (χ2v) is 5.89. The first-order chi connectivity index (χ1) is 10.6. The van der Waals surface area contributed by atoms with Crippen molar-refractivity contribution >= 4 is 29.9 Å². The second-order valence-electron chi connectivity index (χ2n) is 5.89. The summed E-state index contributed by atoms with van der Waals surface area (Å²) in [5, 5.41) is 3.30. The summed E-state index contributed by atoms with van der Waals surface area (Å²) in [7, 11) is 0. The molecule has 0 bridgehead atoms. The van der Waals surface area contributed by atoms with Gasteiger partial charge in [-0.2, -0.15) is 0 Å². The molecule has 0 saturated carbocycles. The predicted octanol–water partition coefficient (Wildman–Crippen LogP) is 3.82. The third-order valence-corrected chi connectivity index (χ3v) is 4.08. The molecule has 1 aromatic carbocycles. The maximum absolute atomic E-state index is 13.6. The van der Waals surface area contributed by atoms with Gasteiger partial charge in [0.15, 0.2) is 5.96 Å². The Morgan fingerprint density at radius 2 is 2.00 bits per heavy atom. The summed E-state index contributed by atoms with van der Waals surface area (Å²) in [6.45, 7) is 7.66. The van der Waals surface area contributed by atoms with Gasteiger partial charge in [-0.1, -0.05) is 13.0 Å². The number of rotatable bonds is 4. The lowest BCUT2D eigenvalue weighted by Gasteiger charge is -2.33. The van der Waals surface area contributed by atoms with Crippen LogP contribution >= 0.6 is 24.0 Å². The van der Waals surface area contributed by atoms with Crippen molar-refractivity contribution in [2.24, 2.45) is 10.9 Å². The molecular formula is C17H26F2IN3. The predicted molar refractivity (Wildman–Crippen MR) is 101 cm³/mol. The molecule has 0 atom stereocenters. The number of benzene rings is 1. The van der Waals surface area contributed by atoms with Gasteiger partial charge in [-0.05, 0) is 43.7 Å². The van der Waals surface area contributed by atoms with Gasteiger partial charge in [0, 0.05) is 32.2 Å². The fourth-order valence-electron chi connectivity index (χ4n) is 2.65. The van der Waals surface area contributed by atoms with Crippen LogP contribution in [0.5, 0.6) is 0 Å². The lowest BCUT2D eigenvalue weighted by Crippen LogP contribution is -2.45. The molecule has 2 rings (SSSR count). The highest BCUT2D eigenvalue weighted by molar-refractivity contribution is 14.0. The fraction of sp³-hybridized carbons (Fsp3) is 0.588. The largest absolute Gasteiger partial charge is 0.357 e. The molecule has 0 spiro atoms. The molecule has 0 amide bonds. The number of aliphatic imine (C=N–C) groups is 1. The van der Waals surface area contributed by atoms with E-state index in [2.05, 4.69) is 22.1 Å². The molecule has 0 radical (unpaired) electrons. The summed E-state index contributed by atoms with van der Waals surface area (Å²) in [5.41, 5.74) is 0.508. The molecular weight excluding hydrogens is 411 g/mol. The van der Waals surface area contributed by atoms with E-state index in [1.807, 2.05) is 6.92 Å². The molecule has 0 unspecified atom stereocenters. The highest BCUT2D eigenvalue weighted by Gasteiger charge is 2.18. The van der Waals surface area contributed by atoms with Crippen LogP contribution in [-0.4, -0.2) is 37.0 Å². The van der Waals surface area contributed by atoms with E-state index in [1.165, 1.54) is 25.0 Å². The Bertz CT molecular complexity index is 515. The van der Waals surface area contributed by atoms with E-state index >= 15 is 0 Å². The van der Waals surface area contributed by atoms with Gasteiger partial charge in [-0.3, -0.25) is 4.99 Å². The molecule has 1 saturated heterocycles. The lowest BCUT2D eigenvalue weighted by atomic mass is 10.00. The van der Waals surface area contributed by atoms with Gasteiger partial charge in [-0.15, -0.1) is 24.0 Å². The molecule has 0 aliphatic carbocycles. The first-order valence-electron chi connectivity index (χ1n) is 8.07. The molecule has 6 heteroatoms. The Morgan fingerprint density at radius 3 is 2.61 bits per heavy atom. The van der Waals surface area contributed by atoms with E-state index in [0.29, 0.717) is 18.5 Å². The molecule has 1 aliphatic rings. The van der Waals surface area contributed by atoms with Crippen LogP contribution in [0.15, 0.2) is 23.2 Å². The Kier molecular flexibility index (Phi) is 8.79. The van der Waals surface area contributed by atoms with Crippen molar-refractivity contribution in [1.29, 1.82) is 0 Å². The normalized spacial score (nSPS) is 16.2. The third-order valence-electron chi connectivity index (χ3n) is 4.08. The van der Waals surface area contributed by atoms with Crippen molar-refractivity contribution in [3.05, 3.63) is 35.4 Å². The number of likely N-dealkylation sites (tertiary alicyclic amines) is 1. The molecule has 130 valence electrons. The quantitative estimate of drug-likeness (QED) is 0.441. The van der Waals surface area contributed by atoms with Gasteiger partial charge < -0.3 is 10.2 Å². The maximum atomic E-state index is 13.6. The van der Waals surface area contributed by atoms with E-state index in [9.17, 15) is 8.78 Å². The summed E-state index contributed by atoms with van der Waals surface area (Å²) in [6.07, 6.45) is 2.83.